The van der Waals surface area contributed by atoms with Crippen molar-refractivity contribution in [3.05, 3.63) is 59.7 Å². The van der Waals surface area contributed by atoms with Crippen molar-refractivity contribution in [2.75, 3.05) is 5.32 Å². The first-order valence-corrected chi connectivity index (χ1v) is 7.19. The highest BCUT2D eigenvalue weighted by Gasteiger charge is 2.15. The van der Waals surface area contributed by atoms with E-state index in [0.717, 1.165) is 12.1 Å². The summed E-state index contributed by atoms with van der Waals surface area (Å²) in [5.74, 6) is 0.273. The highest BCUT2D eigenvalue weighted by atomic mass is 16.5. The van der Waals surface area contributed by atoms with E-state index in [-0.39, 0.29) is 5.91 Å². The van der Waals surface area contributed by atoms with Crippen LogP contribution in [0.5, 0.6) is 5.75 Å². The molecule has 0 aliphatic rings. The van der Waals surface area contributed by atoms with Gasteiger partial charge in [-0.25, -0.2) is 0 Å². The monoisotopic (exact) mass is 294 g/mol. The van der Waals surface area contributed by atoms with Crippen LogP contribution in [-0.4, -0.2) is 12.0 Å². The smallest absolute Gasteiger partial charge is 0.265 e. The molecule has 4 nitrogen and oxygen atoms in total. The molecule has 0 radical (unpaired) electrons. The van der Waals surface area contributed by atoms with Gasteiger partial charge in [-0.2, -0.15) is 5.26 Å². The first-order chi connectivity index (χ1) is 10.6. The van der Waals surface area contributed by atoms with Gasteiger partial charge in [-0.05, 0) is 49.2 Å². The summed E-state index contributed by atoms with van der Waals surface area (Å²) >= 11 is 0. The Morgan fingerprint density at radius 3 is 2.64 bits per heavy atom. The van der Waals surface area contributed by atoms with E-state index in [1.165, 1.54) is 5.56 Å². The molecule has 0 unspecified atom stereocenters. The van der Waals surface area contributed by atoms with Crippen molar-refractivity contribution in [2.45, 2.75) is 26.4 Å². The lowest BCUT2D eigenvalue weighted by Gasteiger charge is -2.15. The number of carbonyl (C=O) groups excluding carboxylic acids is 1. The Hall–Kier alpha value is -2.80. The van der Waals surface area contributed by atoms with Crippen molar-refractivity contribution in [3.63, 3.8) is 0 Å². The lowest BCUT2D eigenvalue weighted by atomic mass is 10.1. The molecule has 1 atom stereocenters. The van der Waals surface area contributed by atoms with Crippen LogP contribution in [0.4, 0.5) is 5.69 Å². The number of hydrogen-bond donors (Lipinski definition) is 1. The molecule has 0 fully saturated rings. The van der Waals surface area contributed by atoms with Crippen molar-refractivity contribution >= 4 is 11.6 Å². The molecule has 112 valence electrons. The van der Waals surface area contributed by atoms with E-state index in [4.69, 9.17) is 10.00 Å². The topological polar surface area (TPSA) is 62.1 Å². The fourth-order valence-electron chi connectivity index (χ4n) is 1.96. The molecule has 2 rings (SSSR count). The normalized spacial score (nSPS) is 11.3. The van der Waals surface area contributed by atoms with Crippen LogP contribution in [-0.2, 0) is 11.2 Å². The Bertz CT molecular complexity index is 687. The average molecular weight is 294 g/mol. The molecular weight excluding hydrogens is 276 g/mol. The van der Waals surface area contributed by atoms with Gasteiger partial charge in [0, 0.05) is 5.69 Å². The number of carbonyl (C=O) groups is 1. The average Bonchev–Trinajstić information content (AvgIpc) is 2.55. The maximum atomic E-state index is 12.1. The molecule has 2 aromatic rings. The van der Waals surface area contributed by atoms with Crippen LogP contribution in [0.25, 0.3) is 0 Å². The van der Waals surface area contributed by atoms with E-state index in [2.05, 4.69) is 12.2 Å². The number of benzene rings is 2. The van der Waals surface area contributed by atoms with Crippen LogP contribution in [0.15, 0.2) is 48.5 Å². The summed E-state index contributed by atoms with van der Waals surface area (Å²) in [5.41, 5.74) is 2.46. The maximum Gasteiger partial charge on any atom is 0.265 e. The number of nitrogens with zero attached hydrogens (tertiary/aromatic N) is 1. The van der Waals surface area contributed by atoms with Crippen LogP contribution in [0, 0.1) is 11.3 Å². The molecule has 0 heterocycles. The van der Waals surface area contributed by atoms with Crippen LogP contribution >= 0.6 is 0 Å². The molecule has 1 N–H and O–H groups in total. The Balaban J connectivity index is 1.97. The highest BCUT2D eigenvalue weighted by molar-refractivity contribution is 5.94. The summed E-state index contributed by atoms with van der Waals surface area (Å²) < 4.78 is 5.57. The molecule has 22 heavy (non-hydrogen) atoms. The summed E-state index contributed by atoms with van der Waals surface area (Å²) in [6, 6.07) is 16.5. The van der Waals surface area contributed by atoms with Crippen LogP contribution in [0.1, 0.15) is 25.0 Å². The van der Waals surface area contributed by atoms with Crippen LogP contribution in [0.2, 0.25) is 0 Å². The van der Waals surface area contributed by atoms with E-state index in [9.17, 15) is 4.79 Å². The summed E-state index contributed by atoms with van der Waals surface area (Å²) in [7, 11) is 0. The summed E-state index contributed by atoms with van der Waals surface area (Å²) in [6.45, 7) is 3.76. The zero-order valence-corrected chi connectivity index (χ0v) is 12.7. The predicted molar refractivity (Wildman–Crippen MR) is 85.7 cm³/mol. The second-order valence-electron chi connectivity index (χ2n) is 4.94. The van der Waals surface area contributed by atoms with Gasteiger partial charge in [-0.3, -0.25) is 4.79 Å². The Labute approximate surface area is 130 Å². The minimum atomic E-state index is -0.653. The molecule has 2 aromatic carbocycles. The van der Waals surface area contributed by atoms with Gasteiger partial charge in [0.1, 0.15) is 5.75 Å². The molecule has 4 heteroatoms. The fourth-order valence-corrected chi connectivity index (χ4v) is 1.96. The van der Waals surface area contributed by atoms with E-state index in [1.54, 1.807) is 31.2 Å². The Morgan fingerprint density at radius 2 is 2.00 bits per heavy atom. The molecular formula is C18H18N2O2. The first-order valence-electron chi connectivity index (χ1n) is 7.19. The summed E-state index contributed by atoms with van der Waals surface area (Å²) in [4.78, 5) is 12.1. The number of aryl methyl sites for hydroxylation is 1. The van der Waals surface area contributed by atoms with Gasteiger partial charge in [0.2, 0.25) is 0 Å². The minimum absolute atomic E-state index is 0.230. The molecule has 0 aliphatic heterocycles. The van der Waals surface area contributed by atoms with Crippen molar-refractivity contribution < 1.29 is 9.53 Å². The standard InChI is InChI=1S/C18H18N2O2/c1-3-14-7-9-16(10-8-14)20-18(21)13(2)22-17-6-4-5-15(11-17)12-19/h4-11,13H,3H2,1-2H3,(H,20,21)/t13-/m1/s1. The molecule has 1 amide bonds. The number of ether oxygens (including phenoxy) is 1. The van der Waals surface area contributed by atoms with Gasteiger partial charge >= 0.3 is 0 Å². The largest absolute Gasteiger partial charge is 0.481 e. The van der Waals surface area contributed by atoms with Crippen LogP contribution in [0.3, 0.4) is 0 Å². The molecule has 0 saturated heterocycles. The Kier molecular flexibility index (Phi) is 5.16. The molecule has 0 bridgehead atoms. The number of hydrogen-bond acceptors (Lipinski definition) is 3. The third kappa shape index (κ3) is 4.10. The van der Waals surface area contributed by atoms with Crippen LogP contribution < -0.4 is 10.1 Å². The minimum Gasteiger partial charge on any atom is -0.481 e. The third-order valence-corrected chi connectivity index (χ3v) is 3.27. The number of anilines is 1. The van der Waals surface area contributed by atoms with Crippen molar-refractivity contribution in [1.29, 1.82) is 5.26 Å². The lowest BCUT2D eigenvalue weighted by Crippen LogP contribution is -2.30. The highest BCUT2D eigenvalue weighted by Crippen LogP contribution is 2.16. The molecule has 0 spiro atoms. The van der Waals surface area contributed by atoms with E-state index in [1.807, 2.05) is 30.3 Å². The quantitative estimate of drug-likeness (QED) is 0.917. The van der Waals surface area contributed by atoms with Gasteiger partial charge in [-0.1, -0.05) is 25.1 Å². The van der Waals surface area contributed by atoms with Gasteiger partial charge in [0.05, 0.1) is 11.6 Å². The first kappa shape index (κ1) is 15.6. The number of nitrogens with one attached hydrogen (secondary N) is 1. The molecule has 0 saturated carbocycles. The number of nitriles is 1. The fraction of sp³-hybridized carbons (Fsp3) is 0.222. The molecule has 0 aromatic heterocycles. The van der Waals surface area contributed by atoms with Gasteiger partial charge in [0.25, 0.3) is 5.91 Å². The summed E-state index contributed by atoms with van der Waals surface area (Å²) in [5, 5.41) is 11.7. The number of amides is 1. The van der Waals surface area contributed by atoms with Crippen molar-refractivity contribution in [2.24, 2.45) is 0 Å². The predicted octanol–water partition coefficient (Wildman–Crippen LogP) is 3.53. The SMILES string of the molecule is CCc1ccc(NC(=O)[C@@H](C)Oc2cccc(C#N)c2)cc1. The molecule has 0 aliphatic carbocycles. The third-order valence-electron chi connectivity index (χ3n) is 3.27. The van der Waals surface area contributed by atoms with E-state index < -0.39 is 6.10 Å². The second kappa shape index (κ2) is 7.28. The maximum absolute atomic E-state index is 12.1. The number of rotatable bonds is 5. The van der Waals surface area contributed by atoms with E-state index >= 15 is 0 Å². The summed E-state index contributed by atoms with van der Waals surface area (Å²) in [6.07, 6.45) is 0.308. The zero-order valence-electron chi connectivity index (χ0n) is 12.7. The van der Waals surface area contributed by atoms with Gasteiger partial charge < -0.3 is 10.1 Å². The van der Waals surface area contributed by atoms with E-state index in [0.29, 0.717) is 11.3 Å². The second-order valence-corrected chi connectivity index (χ2v) is 4.94. The lowest BCUT2D eigenvalue weighted by molar-refractivity contribution is -0.122. The zero-order chi connectivity index (χ0) is 15.9. The van der Waals surface area contributed by atoms with Gasteiger partial charge in [-0.15, -0.1) is 0 Å². The Morgan fingerprint density at radius 1 is 1.27 bits per heavy atom. The van der Waals surface area contributed by atoms with Crippen molar-refractivity contribution in [3.8, 4) is 11.8 Å². The van der Waals surface area contributed by atoms with Gasteiger partial charge in [0.15, 0.2) is 6.10 Å². The van der Waals surface area contributed by atoms with Crippen molar-refractivity contribution in [1.82, 2.24) is 0 Å².